The van der Waals surface area contributed by atoms with Crippen LogP contribution in [-0.4, -0.2) is 30.5 Å². The fourth-order valence-corrected chi connectivity index (χ4v) is 1.74. The summed E-state index contributed by atoms with van der Waals surface area (Å²) in [6.45, 7) is 5.88. The predicted octanol–water partition coefficient (Wildman–Crippen LogP) is 0.513. The molecule has 0 radical (unpaired) electrons. The lowest BCUT2D eigenvalue weighted by Gasteiger charge is -2.46. The molecule has 0 spiro atoms. The smallest absolute Gasteiger partial charge is 0.0754 e. The molecule has 72 valence electrons. The summed E-state index contributed by atoms with van der Waals surface area (Å²) >= 11 is 0. The largest absolute Gasteiger partial charge is 0.389 e. The molecule has 1 saturated heterocycles. The van der Waals surface area contributed by atoms with Crippen LogP contribution >= 0.6 is 0 Å². The zero-order valence-electron chi connectivity index (χ0n) is 7.97. The van der Waals surface area contributed by atoms with Gasteiger partial charge in [0.25, 0.3) is 0 Å². The Labute approximate surface area is 73.9 Å². The molecule has 1 aliphatic rings. The molecule has 0 bridgehead atoms. The maximum atomic E-state index is 10.2. The van der Waals surface area contributed by atoms with Gasteiger partial charge in [0.1, 0.15) is 0 Å². The van der Waals surface area contributed by atoms with Crippen LogP contribution < -0.4 is 5.73 Å². The zero-order chi connectivity index (χ0) is 9.24. The molecule has 0 aromatic rings. The molecule has 0 aromatic heterocycles. The minimum absolute atomic E-state index is 0.162. The van der Waals surface area contributed by atoms with E-state index in [2.05, 4.69) is 0 Å². The minimum atomic E-state index is -0.625. The highest BCUT2D eigenvalue weighted by Gasteiger charge is 2.45. The summed E-state index contributed by atoms with van der Waals surface area (Å²) in [5.74, 6) is 0. The summed E-state index contributed by atoms with van der Waals surface area (Å²) in [6.07, 6.45) is 1.38. The lowest BCUT2D eigenvalue weighted by atomic mass is 9.70. The van der Waals surface area contributed by atoms with Crippen molar-refractivity contribution in [3.05, 3.63) is 0 Å². The highest BCUT2D eigenvalue weighted by atomic mass is 16.5. The van der Waals surface area contributed by atoms with Crippen LogP contribution in [0.15, 0.2) is 0 Å². The third kappa shape index (κ3) is 1.63. The van der Waals surface area contributed by atoms with E-state index in [-0.39, 0.29) is 5.41 Å². The third-order valence-corrected chi connectivity index (χ3v) is 2.94. The van der Waals surface area contributed by atoms with Gasteiger partial charge in [0.2, 0.25) is 0 Å². The van der Waals surface area contributed by atoms with Crippen molar-refractivity contribution in [2.24, 2.45) is 11.1 Å². The number of ether oxygens (including phenoxy) is 1. The average Bonchev–Trinajstić information content (AvgIpc) is 1.96. The van der Waals surface area contributed by atoms with Crippen molar-refractivity contribution in [2.45, 2.75) is 32.3 Å². The molecular weight excluding hydrogens is 154 g/mol. The number of rotatable bonds is 2. The van der Waals surface area contributed by atoms with Gasteiger partial charge in [0, 0.05) is 18.4 Å². The average molecular weight is 173 g/mol. The Kier molecular flexibility index (Phi) is 2.76. The first-order valence-corrected chi connectivity index (χ1v) is 4.52. The Balaban J connectivity index is 2.69. The monoisotopic (exact) mass is 173 g/mol. The van der Waals surface area contributed by atoms with E-state index in [1.807, 2.05) is 13.8 Å². The van der Waals surface area contributed by atoms with Crippen LogP contribution in [0.1, 0.15) is 26.7 Å². The molecule has 1 aliphatic heterocycles. The zero-order valence-corrected chi connectivity index (χ0v) is 7.97. The Hall–Kier alpha value is -0.120. The first-order valence-electron chi connectivity index (χ1n) is 4.52. The number of nitrogens with two attached hydrogens (primary N) is 1. The summed E-state index contributed by atoms with van der Waals surface area (Å²) in [5, 5.41) is 10.2. The van der Waals surface area contributed by atoms with Gasteiger partial charge in [-0.15, -0.1) is 0 Å². The lowest BCUT2D eigenvalue weighted by molar-refractivity contribution is -0.158. The molecule has 1 fully saturated rings. The highest BCUT2D eigenvalue weighted by molar-refractivity contribution is 4.95. The standard InChI is InChI=1S/C9H19NO2/c1-8(2)7-12-6-4-9(8,11)3-5-10/h11H,3-7,10H2,1-2H3. The van der Waals surface area contributed by atoms with E-state index >= 15 is 0 Å². The van der Waals surface area contributed by atoms with Crippen molar-refractivity contribution in [1.29, 1.82) is 0 Å². The summed E-state index contributed by atoms with van der Waals surface area (Å²) in [4.78, 5) is 0. The highest BCUT2D eigenvalue weighted by Crippen LogP contribution is 2.39. The van der Waals surface area contributed by atoms with Gasteiger partial charge in [-0.1, -0.05) is 13.8 Å². The normalized spacial score (nSPS) is 35.0. The van der Waals surface area contributed by atoms with Crippen molar-refractivity contribution < 1.29 is 9.84 Å². The van der Waals surface area contributed by atoms with Gasteiger partial charge in [0.15, 0.2) is 0 Å². The fraction of sp³-hybridized carbons (Fsp3) is 1.00. The van der Waals surface area contributed by atoms with Crippen molar-refractivity contribution in [2.75, 3.05) is 19.8 Å². The number of hydrogen-bond donors (Lipinski definition) is 2. The number of hydrogen-bond acceptors (Lipinski definition) is 3. The van der Waals surface area contributed by atoms with Crippen LogP contribution in [0.25, 0.3) is 0 Å². The van der Waals surface area contributed by atoms with E-state index in [4.69, 9.17) is 10.5 Å². The van der Waals surface area contributed by atoms with E-state index in [0.717, 1.165) is 0 Å². The second-order valence-corrected chi connectivity index (χ2v) is 4.26. The van der Waals surface area contributed by atoms with Crippen LogP contribution in [0.2, 0.25) is 0 Å². The second-order valence-electron chi connectivity index (χ2n) is 4.26. The molecular formula is C9H19NO2. The summed E-state index contributed by atoms with van der Waals surface area (Å²) < 4.78 is 5.33. The summed E-state index contributed by atoms with van der Waals surface area (Å²) in [6, 6.07) is 0. The van der Waals surface area contributed by atoms with E-state index in [1.54, 1.807) is 0 Å². The number of aliphatic hydroxyl groups is 1. The summed E-state index contributed by atoms with van der Waals surface area (Å²) in [7, 11) is 0. The van der Waals surface area contributed by atoms with Gasteiger partial charge in [-0.05, 0) is 13.0 Å². The molecule has 3 N–H and O–H groups in total. The van der Waals surface area contributed by atoms with Crippen LogP contribution in [0.4, 0.5) is 0 Å². The molecule has 1 rings (SSSR count). The quantitative estimate of drug-likeness (QED) is 0.640. The van der Waals surface area contributed by atoms with Crippen molar-refractivity contribution in [3.8, 4) is 0 Å². The molecule has 0 saturated carbocycles. The second kappa shape index (κ2) is 3.32. The van der Waals surface area contributed by atoms with Crippen molar-refractivity contribution >= 4 is 0 Å². The van der Waals surface area contributed by atoms with Crippen molar-refractivity contribution in [1.82, 2.24) is 0 Å². The lowest BCUT2D eigenvalue weighted by Crippen LogP contribution is -2.52. The van der Waals surface area contributed by atoms with Gasteiger partial charge in [-0.2, -0.15) is 0 Å². The maximum absolute atomic E-state index is 10.2. The molecule has 0 amide bonds. The Morgan fingerprint density at radius 2 is 2.17 bits per heavy atom. The van der Waals surface area contributed by atoms with Crippen LogP contribution in [0.5, 0.6) is 0 Å². The molecule has 1 unspecified atom stereocenters. The fourth-order valence-electron chi connectivity index (χ4n) is 1.74. The van der Waals surface area contributed by atoms with Gasteiger partial charge in [0.05, 0.1) is 12.2 Å². The Morgan fingerprint density at radius 1 is 1.50 bits per heavy atom. The predicted molar refractivity (Wildman–Crippen MR) is 47.8 cm³/mol. The van der Waals surface area contributed by atoms with Gasteiger partial charge in [-0.25, -0.2) is 0 Å². The SMILES string of the molecule is CC1(C)COCCC1(O)CCN. The third-order valence-electron chi connectivity index (χ3n) is 2.94. The molecule has 0 aromatic carbocycles. The first kappa shape index (κ1) is 9.96. The molecule has 12 heavy (non-hydrogen) atoms. The Bertz CT molecular complexity index is 155. The molecule has 3 heteroatoms. The van der Waals surface area contributed by atoms with Gasteiger partial charge >= 0.3 is 0 Å². The van der Waals surface area contributed by atoms with Gasteiger partial charge in [-0.3, -0.25) is 0 Å². The van der Waals surface area contributed by atoms with E-state index in [0.29, 0.717) is 32.6 Å². The molecule has 0 aliphatic carbocycles. The first-order chi connectivity index (χ1) is 5.52. The van der Waals surface area contributed by atoms with Crippen LogP contribution in [0.3, 0.4) is 0 Å². The van der Waals surface area contributed by atoms with Crippen LogP contribution in [-0.2, 0) is 4.74 Å². The van der Waals surface area contributed by atoms with Crippen LogP contribution in [0, 0.1) is 5.41 Å². The van der Waals surface area contributed by atoms with Gasteiger partial charge < -0.3 is 15.6 Å². The molecule has 3 nitrogen and oxygen atoms in total. The Morgan fingerprint density at radius 3 is 2.67 bits per heavy atom. The molecule has 1 atom stereocenters. The minimum Gasteiger partial charge on any atom is -0.389 e. The van der Waals surface area contributed by atoms with E-state index in [9.17, 15) is 5.11 Å². The van der Waals surface area contributed by atoms with E-state index in [1.165, 1.54) is 0 Å². The van der Waals surface area contributed by atoms with E-state index < -0.39 is 5.60 Å². The van der Waals surface area contributed by atoms with Crippen molar-refractivity contribution in [3.63, 3.8) is 0 Å². The molecule has 1 heterocycles. The topological polar surface area (TPSA) is 55.5 Å². The summed E-state index contributed by atoms with van der Waals surface area (Å²) in [5.41, 5.74) is 4.68. The maximum Gasteiger partial charge on any atom is 0.0754 e.